The third-order valence-corrected chi connectivity index (χ3v) is 2.16. The van der Waals surface area contributed by atoms with Gasteiger partial charge in [0.25, 0.3) is 0 Å². The lowest BCUT2D eigenvalue weighted by molar-refractivity contribution is -0.107. The van der Waals surface area contributed by atoms with Crippen molar-refractivity contribution in [3.8, 4) is 0 Å². The fourth-order valence-corrected chi connectivity index (χ4v) is 1.16. The number of aldehydes is 1. The van der Waals surface area contributed by atoms with Gasteiger partial charge in [0.2, 0.25) is 0 Å². The van der Waals surface area contributed by atoms with E-state index in [1.807, 2.05) is 0 Å². The summed E-state index contributed by atoms with van der Waals surface area (Å²) in [5, 5.41) is 0. The standard InChI is InChI=1S/C4H5I3O/c5-4(6,7)2-1-3-8/h3H,1-2H2. The quantitative estimate of drug-likeness (QED) is 0.368. The van der Waals surface area contributed by atoms with Gasteiger partial charge in [-0.15, -0.1) is 0 Å². The molecule has 0 aliphatic heterocycles. The number of hydrogen-bond acceptors (Lipinski definition) is 1. The molecule has 0 amide bonds. The van der Waals surface area contributed by atoms with Crippen LogP contribution in [0.1, 0.15) is 12.8 Å². The molecular weight excluding hydrogens is 445 g/mol. The smallest absolute Gasteiger partial charge is 0.124 e. The molecule has 1 nitrogen and oxygen atoms in total. The zero-order valence-corrected chi connectivity index (χ0v) is 10.5. The van der Waals surface area contributed by atoms with E-state index in [1.54, 1.807) is 0 Å². The van der Waals surface area contributed by atoms with E-state index in [-0.39, 0.29) is -0.565 Å². The third-order valence-electron chi connectivity index (χ3n) is 0.546. The zero-order chi connectivity index (χ0) is 6.62. The highest BCUT2D eigenvalue weighted by Gasteiger charge is 2.15. The lowest BCUT2D eigenvalue weighted by atomic mass is 10.4. The number of carbonyl (C=O) groups excluding carboxylic acids is 1. The van der Waals surface area contributed by atoms with E-state index in [9.17, 15) is 4.79 Å². The Hall–Kier alpha value is 1.86. The number of carbonyl (C=O) groups is 1. The minimum absolute atomic E-state index is 0.230. The number of halogens is 3. The van der Waals surface area contributed by atoms with Crippen LogP contribution >= 0.6 is 67.8 Å². The molecule has 0 aliphatic carbocycles. The fourth-order valence-electron chi connectivity index (χ4n) is 0.223. The lowest BCUT2D eigenvalue weighted by Crippen LogP contribution is -1.97. The van der Waals surface area contributed by atoms with Crippen LogP contribution in [0, 0.1) is 0 Å². The van der Waals surface area contributed by atoms with Crippen LogP contribution in [-0.2, 0) is 4.79 Å². The van der Waals surface area contributed by atoms with Gasteiger partial charge >= 0.3 is 0 Å². The molecule has 0 aliphatic rings. The van der Waals surface area contributed by atoms with Gasteiger partial charge in [0, 0.05) is 6.42 Å². The van der Waals surface area contributed by atoms with Gasteiger partial charge in [0.1, 0.15) is 5.72 Å². The van der Waals surface area contributed by atoms with E-state index in [0.717, 1.165) is 12.7 Å². The monoisotopic (exact) mass is 450 g/mol. The molecule has 0 atom stereocenters. The van der Waals surface area contributed by atoms with E-state index in [1.165, 1.54) is 0 Å². The second-order valence-electron chi connectivity index (χ2n) is 1.32. The largest absolute Gasteiger partial charge is 0.303 e. The Balaban J connectivity index is 3.24. The maximum Gasteiger partial charge on any atom is 0.124 e. The van der Waals surface area contributed by atoms with Crippen LogP contribution in [0.3, 0.4) is 0 Å². The summed E-state index contributed by atoms with van der Waals surface area (Å²) in [4.78, 5) is 9.84. The van der Waals surface area contributed by atoms with Gasteiger partial charge in [-0.3, -0.25) is 0 Å². The van der Waals surface area contributed by atoms with Gasteiger partial charge in [-0.2, -0.15) is 0 Å². The first kappa shape index (κ1) is 9.86. The van der Waals surface area contributed by atoms with Crippen LogP contribution in [0.2, 0.25) is 0 Å². The summed E-state index contributed by atoms with van der Waals surface area (Å²) in [7, 11) is 0. The van der Waals surface area contributed by atoms with Crippen LogP contribution in [0.5, 0.6) is 0 Å². The second-order valence-corrected chi connectivity index (χ2v) is 13.0. The Kier molecular flexibility index (Phi) is 5.72. The Bertz CT molecular complexity index is 75.8. The van der Waals surface area contributed by atoms with Gasteiger partial charge in [-0.05, 0) is 6.42 Å². The highest BCUT2D eigenvalue weighted by Crippen LogP contribution is 2.39. The van der Waals surface area contributed by atoms with Crippen molar-refractivity contribution in [2.24, 2.45) is 0 Å². The minimum atomic E-state index is 0.230. The SMILES string of the molecule is O=CCCC(I)(I)I. The van der Waals surface area contributed by atoms with Crippen LogP contribution in [0.4, 0.5) is 0 Å². The summed E-state index contributed by atoms with van der Waals surface area (Å²) in [6, 6.07) is 0. The topological polar surface area (TPSA) is 17.1 Å². The van der Waals surface area contributed by atoms with Crippen LogP contribution in [-0.4, -0.2) is 5.72 Å². The molecule has 0 aromatic carbocycles. The first-order valence-corrected chi connectivity index (χ1v) is 5.30. The van der Waals surface area contributed by atoms with E-state index >= 15 is 0 Å². The maximum absolute atomic E-state index is 9.84. The van der Waals surface area contributed by atoms with Crippen molar-refractivity contribution < 1.29 is 4.79 Å². The summed E-state index contributed by atoms with van der Waals surface area (Å²) in [6.45, 7) is 0. The molecule has 0 aromatic rings. The molecule has 0 fully saturated rings. The van der Waals surface area contributed by atoms with Crippen molar-refractivity contribution in [2.45, 2.75) is 12.3 Å². The summed E-state index contributed by atoms with van der Waals surface area (Å²) >= 11 is 6.94. The number of rotatable bonds is 3. The summed E-state index contributed by atoms with van der Waals surface area (Å²) < 4.78 is 0.230. The predicted octanol–water partition coefficient (Wildman–Crippen LogP) is 2.92. The van der Waals surface area contributed by atoms with E-state index in [4.69, 9.17) is 0 Å². The molecule has 0 rings (SSSR count). The van der Waals surface area contributed by atoms with Crippen molar-refractivity contribution in [3.05, 3.63) is 0 Å². The molecule has 48 valence electrons. The minimum Gasteiger partial charge on any atom is -0.303 e. The van der Waals surface area contributed by atoms with Crippen molar-refractivity contribution in [1.29, 1.82) is 0 Å². The Morgan fingerprint density at radius 2 is 1.88 bits per heavy atom. The van der Waals surface area contributed by atoms with Crippen molar-refractivity contribution in [3.63, 3.8) is 0 Å². The van der Waals surface area contributed by atoms with E-state index in [2.05, 4.69) is 67.8 Å². The summed E-state index contributed by atoms with van der Waals surface area (Å²) in [5.41, 5.74) is 0. The molecular formula is C4H5I3O. The molecule has 8 heavy (non-hydrogen) atoms. The lowest BCUT2D eigenvalue weighted by Gasteiger charge is -2.07. The Morgan fingerprint density at radius 3 is 2.00 bits per heavy atom. The van der Waals surface area contributed by atoms with Gasteiger partial charge in [0.05, 0.1) is 0 Å². The molecule has 0 aromatic heterocycles. The fraction of sp³-hybridized carbons (Fsp3) is 0.750. The third kappa shape index (κ3) is 7.86. The Labute approximate surface area is 89.8 Å². The van der Waals surface area contributed by atoms with Crippen molar-refractivity contribution in [2.75, 3.05) is 0 Å². The van der Waals surface area contributed by atoms with E-state index < -0.39 is 0 Å². The van der Waals surface area contributed by atoms with Crippen LogP contribution in [0.25, 0.3) is 0 Å². The van der Waals surface area contributed by atoms with Crippen molar-refractivity contribution in [1.82, 2.24) is 0 Å². The first-order valence-electron chi connectivity index (χ1n) is 2.06. The molecule has 0 bridgehead atoms. The van der Waals surface area contributed by atoms with E-state index in [0.29, 0.717) is 6.42 Å². The summed E-state index contributed by atoms with van der Waals surface area (Å²) in [5.74, 6) is 0. The zero-order valence-electron chi connectivity index (χ0n) is 4.03. The Morgan fingerprint density at radius 1 is 1.38 bits per heavy atom. The highest BCUT2D eigenvalue weighted by atomic mass is 127. The molecule has 0 spiro atoms. The number of hydrogen-bond donors (Lipinski definition) is 0. The van der Waals surface area contributed by atoms with Gasteiger partial charge < -0.3 is 4.79 Å². The highest BCUT2D eigenvalue weighted by molar-refractivity contribution is 14.3. The average Bonchev–Trinajstić information content (AvgIpc) is 1.59. The number of alkyl halides is 3. The van der Waals surface area contributed by atoms with Crippen LogP contribution in [0.15, 0.2) is 0 Å². The van der Waals surface area contributed by atoms with Crippen molar-refractivity contribution >= 4 is 74.1 Å². The average molecular weight is 450 g/mol. The molecule has 0 saturated heterocycles. The summed E-state index contributed by atoms with van der Waals surface area (Å²) in [6.07, 6.45) is 2.59. The normalized spacial score (nSPS) is 11.4. The predicted molar refractivity (Wildman–Crippen MR) is 60.1 cm³/mol. The molecule has 4 heteroatoms. The molecule has 0 unspecified atom stereocenters. The molecule has 0 heterocycles. The van der Waals surface area contributed by atoms with Crippen LogP contribution < -0.4 is 0 Å². The molecule has 0 N–H and O–H groups in total. The molecule has 0 saturated carbocycles. The first-order chi connectivity index (χ1) is 3.56. The molecule has 0 radical (unpaired) electrons. The van der Waals surface area contributed by atoms with Gasteiger partial charge in [0.15, 0.2) is 0 Å². The van der Waals surface area contributed by atoms with Gasteiger partial charge in [-0.1, -0.05) is 67.8 Å². The maximum atomic E-state index is 9.84. The second kappa shape index (κ2) is 4.64. The van der Waals surface area contributed by atoms with Gasteiger partial charge in [-0.25, -0.2) is 0 Å².